The molecule has 184 valence electrons. The molecule has 0 aromatic carbocycles. The highest BCUT2D eigenvalue weighted by molar-refractivity contribution is 8.13. The Bertz CT molecular complexity index is 1090. The number of hydrogen-bond acceptors (Lipinski definition) is 11. The second-order valence-corrected chi connectivity index (χ2v) is 11.4. The molecule has 2 unspecified atom stereocenters. The van der Waals surface area contributed by atoms with E-state index in [2.05, 4.69) is 4.98 Å². The Labute approximate surface area is 193 Å². The minimum Gasteiger partial charge on any atom is -0.424 e. The summed E-state index contributed by atoms with van der Waals surface area (Å²) in [6, 6.07) is 0. The lowest BCUT2D eigenvalue weighted by Crippen LogP contribution is -2.45. The topological polar surface area (TPSA) is 155 Å². The SMILES string of the molecule is CC(=O)SCCOP(=O)(OC[C@H]1O[C@@H](n2cc(C)c(=O)[nH]c2=O)[C@@]2(C)OC(=O)OC12)N(C)C. The van der Waals surface area contributed by atoms with Gasteiger partial charge in [0.05, 0.1) is 13.2 Å². The molecule has 0 radical (unpaired) electrons. The van der Waals surface area contributed by atoms with E-state index in [4.69, 9.17) is 23.3 Å². The highest BCUT2D eigenvalue weighted by atomic mass is 32.2. The first-order chi connectivity index (χ1) is 15.4. The Morgan fingerprint density at radius 1 is 1.33 bits per heavy atom. The molecule has 33 heavy (non-hydrogen) atoms. The molecule has 1 aromatic rings. The van der Waals surface area contributed by atoms with Gasteiger partial charge in [0, 0.05) is 24.4 Å². The third kappa shape index (κ3) is 5.26. The van der Waals surface area contributed by atoms with Crippen LogP contribution in [0, 0.1) is 6.92 Å². The summed E-state index contributed by atoms with van der Waals surface area (Å²) in [4.78, 5) is 49.3. The van der Waals surface area contributed by atoms with Gasteiger partial charge in [0.25, 0.3) is 5.56 Å². The summed E-state index contributed by atoms with van der Waals surface area (Å²) in [5.41, 5.74) is -2.48. The predicted octanol–water partition coefficient (Wildman–Crippen LogP) is 1.02. The van der Waals surface area contributed by atoms with Crippen molar-refractivity contribution in [3.63, 3.8) is 0 Å². The van der Waals surface area contributed by atoms with Crippen LogP contribution >= 0.6 is 19.5 Å². The number of nitrogens with zero attached hydrogens (tertiary/aromatic N) is 2. The van der Waals surface area contributed by atoms with Crippen LogP contribution in [0.25, 0.3) is 0 Å². The van der Waals surface area contributed by atoms with Gasteiger partial charge in [-0.2, -0.15) is 0 Å². The molecule has 2 aliphatic rings. The maximum absolute atomic E-state index is 13.1. The van der Waals surface area contributed by atoms with Crippen LogP contribution in [0.3, 0.4) is 0 Å². The number of aromatic amines is 1. The number of fused-ring (bicyclic) bond motifs is 1. The van der Waals surface area contributed by atoms with E-state index in [-0.39, 0.29) is 23.9 Å². The summed E-state index contributed by atoms with van der Waals surface area (Å²) in [6.45, 7) is 4.13. The van der Waals surface area contributed by atoms with Crippen molar-refractivity contribution in [2.75, 3.05) is 33.1 Å². The summed E-state index contributed by atoms with van der Waals surface area (Å²) in [5, 5.41) is -0.0975. The Morgan fingerprint density at radius 2 is 2.03 bits per heavy atom. The van der Waals surface area contributed by atoms with Crippen molar-refractivity contribution in [3.05, 3.63) is 32.6 Å². The number of rotatable bonds is 9. The maximum Gasteiger partial charge on any atom is 0.509 e. The van der Waals surface area contributed by atoms with Crippen molar-refractivity contribution in [3.8, 4) is 0 Å². The first kappa shape index (κ1) is 25.7. The zero-order valence-corrected chi connectivity index (χ0v) is 20.5. The number of H-pyrrole nitrogens is 1. The molecule has 0 amide bonds. The minimum absolute atomic E-state index is 0.000850. The Kier molecular flexibility index (Phi) is 7.56. The molecule has 15 heteroatoms. The molecule has 5 atom stereocenters. The van der Waals surface area contributed by atoms with Crippen LogP contribution in [0.1, 0.15) is 25.6 Å². The van der Waals surface area contributed by atoms with Gasteiger partial charge in [0.2, 0.25) is 0 Å². The van der Waals surface area contributed by atoms with E-state index >= 15 is 0 Å². The van der Waals surface area contributed by atoms with Crippen LogP contribution in [0.4, 0.5) is 4.79 Å². The number of carbonyl (C=O) groups excluding carboxylic acids is 2. The van der Waals surface area contributed by atoms with Gasteiger partial charge >= 0.3 is 19.6 Å². The monoisotopic (exact) mass is 507 g/mol. The zero-order valence-electron chi connectivity index (χ0n) is 18.8. The summed E-state index contributed by atoms with van der Waals surface area (Å²) in [7, 11) is -0.756. The average Bonchev–Trinajstić information content (AvgIpc) is 3.16. The van der Waals surface area contributed by atoms with Gasteiger partial charge in [-0.15, -0.1) is 0 Å². The fraction of sp³-hybridized carbons (Fsp3) is 0.667. The highest BCUT2D eigenvalue weighted by Crippen LogP contribution is 2.52. The summed E-state index contributed by atoms with van der Waals surface area (Å²) >= 11 is 1.03. The molecule has 1 aromatic heterocycles. The fourth-order valence-corrected chi connectivity index (χ4v) is 5.26. The van der Waals surface area contributed by atoms with E-state index in [9.17, 15) is 23.7 Å². The molecule has 0 spiro atoms. The Balaban J connectivity index is 1.79. The van der Waals surface area contributed by atoms with Crippen molar-refractivity contribution >= 4 is 30.8 Å². The summed E-state index contributed by atoms with van der Waals surface area (Å²) in [5.74, 6) is 0.291. The summed E-state index contributed by atoms with van der Waals surface area (Å²) in [6.07, 6.45) is -2.75. The number of aromatic nitrogens is 2. The van der Waals surface area contributed by atoms with Gasteiger partial charge in [-0.05, 0) is 27.9 Å². The number of ether oxygens (including phenoxy) is 3. The minimum atomic E-state index is -3.76. The lowest BCUT2D eigenvalue weighted by Gasteiger charge is -2.26. The van der Waals surface area contributed by atoms with E-state index in [1.54, 1.807) is 0 Å². The summed E-state index contributed by atoms with van der Waals surface area (Å²) < 4.78 is 43.0. The predicted molar refractivity (Wildman–Crippen MR) is 116 cm³/mol. The Hall–Kier alpha value is -1.96. The first-order valence-electron chi connectivity index (χ1n) is 9.95. The van der Waals surface area contributed by atoms with Crippen LogP contribution in [0.2, 0.25) is 0 Å². The molecule has 0 aliphatic carbocycles. The third-order valence-corrected chi connectivity index (χ3v) is 7.90. The molecule has 0 saturated carbocycles. The Morgan fingerprint density at radius 3 is 2.67 bits per heavy atom. The van der Waals surface area contributed by atoms with Crippen LogP contribution in [-0.2, 0) is 32.6 Å². The van der Waals surface area contributed by atoms with Crippen molar-refractivity contribution in [1.82, 2.24) is 14.2 Å². The van der Waals surface area contributed by atoms with Crippen LogP contribution in [0.5, 0.6) is 0 Å². The van der Waals surface area contributed by atoms with Crippen LogP contribution in [0.15, 0.2) is 15.8 Å². The standard InChI is InChI=1S/C18H26N3O10PS/c1-10-8-21(16(24)19-14(10)23)15-18(3)13(30-17(25)31-18)12(29-15)9-28-32(26,20(4)5)27-6-7-33-11(2)22/h8,12-13,15H,6-7,9H2,1-5H3,(H,19,23,24)/t12-,13?,15-,18+,32?/m1/s1. The average molecular weight is 507 g/mol. The van der Waals surface area contributed by atoms with Gasteiger partial charge in [-0.25, -0.2) is 18.8 Å². The zero-order chi connectivity index (χ0) is 24.6. The second-order valence-electron chi connectivity index (χ2n) is 7.86. The van der Waals surface area contributed by atoms with E-state index < -0.39 is 49.2 Å². The maximum atomic E-state index is 13.1. The molecule has 0 bridgehead atoms. The molecule has 3 rings (SSSR count). The van der Waals surface area contributed by atoms with Gasteiger partial charge in [0.1, 0.15) is 6.10 Å². The van der Waals surface area contributed by atoms with Crippen molar-refractivity contribution in [2.45, 2.75) is 44.8 Å². The quantitative estimate of drug-likeness (QED) is 0.288. The normalized spacial score (nSPS) is 28.3. The van der Waals surface area contributed by atoms with E-state index in [1.165, 1.54) is 45.7 Å². The number of nitrogens with one attached hydrogen (secondary N) is 1. The molecule has 2 aliphatic heterocycles. The molecule has 1 N–H and O–H groups in total. The first-order valence-corrected chi connectivity index (χ1v) is 12.4. The van der Waals surface area contributed by atoms with Crippen molar-refractivity contribution in [2.24, 2.45) is 0 Å². The number of aryl methyl sites for hydroxylation is 1. The fourth-order valence-electron chi connectivity index (χ4n) is 3.49. The smallest absolute Gasteiger partial charge is 0.424 e. The van der Waals surface area contributed by atoms with Gasteiger partial charge < -0.3 is 14.2 Å². The van der Waals surface area contributed by atoms with E-state index in [0.717, 1.165) is 16.3 Å². The molecule has 2 fully saturated rings. The molecule has 3 heterocycles. The largest absolute Gasteiger partial charge is 0.509 e. The van der Waals surface area contributed by atoms with Crippen LogP contribution in [-0.4, -0.2) is 76.4 Å². The second kappa shape index (κ2) is 9.72. The van der Waals surface area contributed by atoms with E-state index in [1.807, 2.05) is 0 Å². The molecule has 13 nitrogen and oxygen atoms in total. The van der Waals surface area contributed by atoms with Gasteiger partial charge in [-0.3, -0.25) is 28.2 Å². The molecular formula is C18H26N3O10PS. The lowest BCUT2D eigenvalue weighted by molar-refractivity contribution is -0.109. The number of thioether (sulfide) groups is 1. The van der Waals surface area contributed by atoms with E-state index in [0.29, 0.717) is 5.75 Å². The lowest BCUT2D eigenvalue weighted by atomic mass is 9.96. The number of hydrogen-bond donors (Lipinski definition) is 1. The van der Waals surface area contributed by atoms with Gasteiger partial charge in [-0.1, -0.05) is 11.8 Å². The van der Waals surface area contributed by atoms with Crippen LogP contribution < -0.4 is 11.2 Å². The third-order valence-electron chi connectivity index (χ3n) is 5.16. The highest BCUT2D eigenvalue weighted by Gasteiger charge is 2.64. The molecular weight excluding hydrogens is 481 g/mol. The van der Waals surface area contributed by atoms with Gasteiger partial charge in [0.15, 0.2) is 23.0 Å². The molecule has 2 saturated heterocycles. The number of carbonyl (C=O) groups is 2. The van der Waals surface area contributed by atoms with Crippen molar-refractivity contribution < 1.29 is 37.4 Å². The van der Waals surface area contributed by atoms with Crippen molar-refractivity contribution in [1.29, 1.82) is 0 Å².